The SMILES string of the molecule is O=C(CC(O)C=Cc1ccccc1)OCC1=CCC2C(C(=O)O)=COC(OC3OC(CO)C(O)C(O)C3O)C12. The van der Waals surface area contributed by atoms with Crippen molar-refractivity contribution in [1.29, 1.82) is 0 Å². The summed E-state index contributed by atoms with van der Waals surface area (Å²) in [6.07, 6.45) is -4.05. The highest BCUT2D eigenvalue weighted by molar-refractivity contribution is 5.87. The lowest BCUT2D eigenvalue weighted by Crippen LogP contribution is -2.60. The van der Waals surface area contributed by atoms with E-state index in [9.17, 15) is 40.2 Å². The monoisotopic (exact) mass is 548 g/mol. The highest BCUT2D eigenvalue weighted by Gasteiger charge is 2.49. The van der Waals surface area contributed by atoms with Crippen LogP contribution in [0.25, 0.3) is 6.08 Å². The van der Waals surface area contributed by atoms with Crippen molar-refractivity contribution in [2.24, 2.45) is 11.8 Å². The largest absolute Gasteiger partial charge is 0.478 e. The molecule has 9 unspecified atom stereocenters. The summed E-state index contributed by atoms with van der Waals surface area (Å²) in [6.45, 7) is -0.876. The molecule has 0 bridgehead atoms. The van der Waals surface area contributed by atoms with Crippen LogP contribution in [-0.2, 0) is 28.5 Å². The van der Waals surface area contributed by atoms with Crippen molar-refractivity contribution in [1.82, 2.24) is 0 Å². The smallest absolute Gasteiger partial charge is 0.335 e. The molecule has 2 aliphatic heterocycles. The second kappa shape index (κ2) is 12.8. The summed E-state index contributed by atoms with van der Waals surface area (Å²) >= 11 is 0. The number of ether oxygens (including phenoxy) is 4. The Morgan fingerprint density at radius 3 is 2.51 bits per heavy atom. The minimum absolute atomic E-state index is 0.0206. The number of allylic oxidation sites excluding steroid dienone is 1. The Balaban J connectivity index is 1.40. The highest BCUT2D eigenvalue weighted by atomic mass is 16.8. The van der Waals surface area contributed by atoms with Crippen LogP contribution in [-0.4, -0.2) is 98.9 Å². The van der Waals surface area contributed by atoms with Crippen LogP contribution in [0.2, 0.25) is 0 Å². The number of hydrogen-bond donors (Lipinski definition) is 6. The van der Waals surface area contributed by atoms with Crippen molar-refractivity contribution in [3.8, 4) is 0 Å². The lowest BCUT2D eigenvalue weighted by Gasteiger charge is -2.42. The molecule has 12 nitrogen and oxygen atoms in total. The summed E-state index contributed by atoms with van der Waals surface area (Å²) < 4.78 is 22.1. The van der Waals surface area contributed by atoms with E-state index in [1.807, 2.05) is 30.3 Å². The number of carboxylic acid groups (broad SMARTS) is 1. The topological polar surface area (TPSA) is 192 Å². The first-order valence-corrected chi connectivity index (χ1v) is 12.5. The van der Waals surface area contributed by atoms with E-state index >= 15 is 0 Å². The molecule has 12 heteroatoms. The van der Waals surface area contributed by atoms with Gasteiger partial charge in [0.1, 0.15) is 31.0 Å². The van der Waals surface area contributed by atoms with Gasteiger partial charge in [-0.15, -0.1) is 0 Å². The van der Waals surface area contributed by atoms with Crippen molar-refractivity contribution < 1.29 is 59.2 Å². The normalized spacial score (nSPS) is 33.1. The molecule has 0 aromatic heterocycles. The Morgan fingerprint density at radius 1 is 1.08 bits per heavy atom. The summed E-state index contributed by atoms with van der Waals surface area (Å²) in [5.74, 6) is -3.22. The van der Waals surface area contributed by atoms with E-state index < -0.39 is 73.5 Å². The third-order valence-corrected chi connectivity index (χ3v) is 6.97. The van der Waals surface area contributed by atoms with Gasteiger partial charge in [-0.2, -0.15) is 0 Å². The van der Waals surface area contributed by atoms with E-state index in [1.165, 1.54) is 6.08 Å². The maximum Gasteiger partial charge on any atom is 0.335 e. The number of rotatable bonds is 10. The zero-order valence-corrected chi connectivity index (χ0v) is 20.9. The molecule has 1 fully saturated rings. The molecule has 1 aromatic rings. The second-order valence-electron chi connectivity index (χ2n) is 9.57. The van der Waals surface area contributed by atoms with Crippen LogP contribution in [0.5, 0.6) is 0 Å². The van der Waals surface area contributed by atoms with Crippen LogP contribution < -0.4 is 0 Å². The van der Waals surface area contributed by atoms with Crippen molar-refractivity contribution >= 4 is 18.0 Å². The number of aliphatic hydroxyl groups excluding tert-OH is 5. The van der Waals surface area contributed by atoms with Crippen LogP contribution in [0.3, 0.4) is 0 Å². The van der Waals surface area contributed by atoms with Gasteiger partial charge >= 0.3 is 11.9 Å². The molecule has 2 heterocycles. The summed E-state index contributed by atoms with van der Waals surface area (Å²) in [7, 11) is 0. The fraction of sp³-hybridized carbons (Fsp3) is 0.481. The Labute approximate surface area is 224 Å². The Hall–Kier alpha value is -3.10. The number of carbonyl (C=O) groups excluding carboxylic acids is 1. The fourth-order valence-corrected chi connectivity index (χ4v) is 4.86. The molecule has 3 aliphatic rings. The molecule has 1 aliphatic carbocycles. The van der Waals surface area contributed by atoms with Gasteiger partial charge in [-0.1, -0.05) is 48.6 Å². The molecule has 39 heavy (non-hydrogen) atoms. The van der Waals surface area contributed by atoms with Crippen LogP contribution in [0.1, 0.15) is 18.4 Å². The van der Waals surface area contributed by atoms with Crippen LogP contribution in [0.15, 0.2) is 59.9 Å². The Morgan fingerprint density at radius 2 is 1.82 bits per heavy atom. The predicted octanol–water partition coefficient (Wildman–Crippen LogP) is -0.302. The molecule has 9 atom stereocenters. The fourth-order valence-electron chi connectivity index (χ4n) is 4.86. The highest BCUT2D eigenvalue weighted by Crippen LogP contribution is 2.44. The minimum atomic E-state index is -1.69. The van der Waals surface area contributed by atoms with Gasteiger partial charge in [0.05, 0.1) is 36.9 Å². The first-order chi connectivity index (χ1) is 18.7. The number of esters is 1. The summed E-state index contributed by atoms with van der Waals surface area (Å²) in [5, 5.41) is 59.7. The Kier molecular flexibility index (Phi) is 9.51. The van der Waals surface area contributed by atoms with Gasteiger partial charge in [0.25, 0.3) is 0 Å². The molecule has 6 N–H and O–H groups in total. The Bertz CT molecular complexity index is 1100. The van der Waals surface area contributed by atoms with Crippen molar-refractivity contribution in [2.75, 3.05) is 13.2 Å². The van der Waals surface area contributed by atoms with E-state index in [2.05, 4.69) is 0 Å². The van der Waals surface area contributed by atoms with Crippen molar-refractivity contribution in [3.63, 3.8) is 0 Å². The number of fused-ring (bicyclic) bond motifs is 1. The van der Waals surface area contributed by atoms with Gasteiger partial charge in [-0.05, 0) is 17.6 Å². The van der Waals surface area contributed by atoms with Gasteiger partial charge in [-0.25, -0.2) is 4.79 Å². The van der Waals surface area contributed by atoms with Crippen LogP contribution in [0, 0.1) is 11.8 Å². The first-order valence-electron chi connectivity index (χ1n) is 12.5. The van der Waals surface area contributed by atoms with Crippen molar-refractivity contribution in [3.05, 3.63) is 65.5 Å². The number of aliphatic hydroxyl groups is 5. The lowest BCUT2D eigenvalue weighted by atomic mass is 9.83. The average molecular weight is 549 g/mol. The third-order valence-electron chi connectivity index (χ3n) is 6.97. The lowest BCUT2D eigenvalue weighted by molar-refractivity contribution is -0.339. The zero-order valence-electron chi connectivity index (χ0n) is 20.9. The molecule has 0 radical (unpaired) electrons. The number of aliphatic carboxylic acids is 1. The average Bonchev–Trinajstić information content (AvgIpc) is 3.36. The molecule has 1 aromatic carbocycles. The molecular formula is C27H32O12. The molecule has 0 saturated carbocycles. The quantitative estimate of drug-likeness (QED) is 0.165. The summed E-state index contributed by atoms with van der Waals surface area (Å²) in [6, 6.07) is 9.24. The van der Waals surface area contributed by atoms with E-state index in [1.54, 1.807) is 12.2 Å². The first kappa shape index (κ1) is 28.9. The third kappa shape index (κ3) is 6.73. The van der Waals surface area contributed by atoms with E-state index in [4.69, 9.17) is 18.9 Å². The van der Waals surface area contributed by atoms with Gasteiger partial charge in [0, 0.05) is 5.92 Å². The van der Waals surface area contributed by atoms with E-state index in [-0.39, 0.29) is 25.0 Å². The number of hydrogen-bond acceptors (Lipinski definition) is 11. The van der Waals surface area contributed by atoms with Gasteiger partial charge in [0.15, 0.2) is 6.29 Å². The molecule has 0 amide bonds. The summed E-state index contributed by atoms with van der Waals surface area (Å²) in [5.41, 5.74) is 1.34. The molecule has 0 spiro atoms. The second-order valence-corrected chi connectivity index (χ2v) is 9.57. The molecule has 4 rings (SSSR count). The van der Waals surface area contributed by atoms with Crippen LogP contribution in [0.4, 0.5) is 0 Å². The zero-order chi connectivity index (χ0) is 28.1. The van der Waals surface area contributed by atoms with E-state index in [0.717, 1.165) is 11.8 Å². The van der Waals surface area contributed by atoms with Crippen LogP contribution >= 0.6 is 0 Å². The number of benzene rings is 1. The van der Waals surface area contributed by atoms with E-state index in [0.29, 0.717) is 5.57 Å². The number of carboxylic acids is 1. The van der Waals surface area contributed by atoms with Gasteiger partial charge in [0.2, 0.25) is 6.29 Å². The summed E-state index contributed by atoms with van der Waals surface area (Å²) in [4.78, 5) is 24.2. The minimum Gasteiger partial charge on any atom is -0.478 e. The maximum absolute atomic E-state index is 12.4. The molecule has 1 saturated heterocycles. The number of carbonyl (C=O) groups is 2. The van der Waals surface area contributed by atoms with Gasteiger partial charge in [-0.3, -0.25) is 4.79 Å². The van der Waals surface area contributed by atoms with Gasteiger partial charge < -0.3 is 49.6 Å². The molecule has 212 valence electrons. The molecular weight excluding hydrogens is 516 g/mol. The maximum atomic E-state index is 12.4. The predicted molar refractivity (Wildman–Crippen MR) is 132 cm³/mol. The standard InChI is InChI=1S/C27H32O12/c28-11-19-22(31)23(32)24(33)27(38-19)39-26-21-15(7-9-17(21)18(13-37-26)25(34)35)12-36-20(30)10-16(29)8-6-14-4-2-1-3-5-14/h1-8,13,16-17,19,21-24,26-29,31-33H,9-12H2,(H,34,35). The van der Waals surface area contributed by atoms with Crippen molar-refractivity contribution in [2.45, 2.75) is 55.9 Å².